The molecule has 166 valence electrons. The molecule has 0 fully saturated rings. The van der Waals surface area contributed by atoms with Gasteiger partial charge in [0.2, 0.25) is 0 Å². The summed E-state index contributed by atoms with van der Waals surface area (Å²) in [4.78, 5) is 2.51. The normalized spacial score (nSPS) is 13.7. The fraction of sp³-hybridized carbons (Fsp3) is 0.704. The molecule has 0 aromatic heterocycles. The lowest BCUT2D eigenvalue weighted by Gasteiger charge is -2.39. The van der Waals surface area contributed by atoms with Gasteiger partial charge in [-0.2, -0.15) is 0 Å². The molecule has 2 heteroatoms. The maximum absolute atomic E-state index is 5.90. The number of unbranched alkanes of at least 4 members (excludes halogenated alkanes) is 1. The lowest BCUT2D eigenvalue weighted by Crippen LogP contribution is -2.38. The molecule has 2 N–H and O–H groups in total. The van der Waals surface area contributed by atoms with E-state index in [1.54, 1.807) is 0 Å². The van der Waals surface area contributed by atoms with Crippen LogP contribution in [0.3, 0.4) is 0 Å². The second-order valence-electron chi connectivity index (χ2n) is 10.7. The third-order valence-electron chi connectivity index (χ3n) is 6.56. The van der Waals surface area contributed by atoms with Crippen molar-refractivity contribution in [2.24, 2.45) is 22.5 Å². The summed E-state index contributed by atoms with van der Waals surface area (Å²) >= 11 is 0. The predicted molar refractivity (Wildman–Crippen MR) is 131 cm³/mol. The van der Waals surface area contributed by atoms with Crippen LogP contribution in [-0.2, 0) is 0 Å². The second-order valence-corrected chi connectivity index (χ2v) is 10.7. The number of nitrogens with zero attached hydrogens (tertiary/aromatic N) is 1. The van der Waals surface area contributed by atoms with E-state index in [9.17, 15) is 0 Å². The highest BCUT2D eigenvalue weighted by Gasteiger charge is 2.33. The van der Waals surface area contributed by atoms with Crippen LogP contribution in [0.1, 0.15) is 83.4 Å². The van der Waals surface area contributed by atoms with Crippen LogP contribution < -0.4 is 5.73 Å². The molecule has 29 heavy (non-hydrogen) atoms. The summed E-state index contributed by atoms with van der Waals surface area (Å²) in [6.07, 6.45) is 6.09. The van der Waals surface area contributed by atoms with Crippen molar-refractivity contribution < 1.29 is 0 Å². The average molecular weight is 401 g/mol. The maximum atomic E-state index is 5.90. The molecule has 0 saturated heterocycles. The SMILES string of the molecule is C=C(c1ccc(C)cc1C)C(CCCC)C(C)(C)CN(C)CCCC(C)(C)CN. The van der Waals surface area contributed by atoms with Crippen molar-refractivity contribution in [3.8, 4) is 0 Å². The molecular weight excluding hydrogens is 352 g/mol. The first-order chi connectivity index (χ1) is 13.4. The number of rotatable bonds is 13. The van der Waals surface area contributed by atoms with Crippen molar-refractivity contribution in [1.82, 2.24) is 4.90 Å². The van der Waals surface area contributed by atoms with E-state index in [-0.39, 0.29) is 10.8 Å². The van der Waals surface area contributed by atoms with Gasteiger partial charge in [-0.25, -0.2) is 0 Å². The van der Waals surface area contributed by atoms with Gasteiger partial charge in [-0.1, -0.05) is 77.8 Å². The topological polar surface area (TPSA) is 29.3 Å². The van der Waals surface area contributed by atoms with Crippen LogP contribution in [-0.4, -0.2) is 31.6 Å². The van der Waals surface area contributed by atoms with Gasteiger partial charge in [-0.15, -0.1) is 0 Å². The number of hydrogen-bond acceptors (Lipinski definition) is 2. The number of hydrogen-bond donors (Lipinski definition) is 1. The van der Waals surface area contributed by atoms with Crippen LogP contribution in [0.25, 0.3) is 5.57 Å². The van der Waals surface area contributed by atoms with E-state index in [1.165, 1.54) is 54.4 Å². The van der Waals surface area contributed by atoms with E-state index in [4.69, 9.17) is 5.73 Å². The largest absolute Gasteiger partial charge is 0.330 e. The fourth-order valence-electron chi connectivity index (χ4n) is 4.62. The smallest absolute Gasteiger partial charge is 0.00355 e. The number of benzene rings is 1. The van der Waals surface area contributed by atoms with Crippen molar-refractivity contribution in [2.75, 3.05) is 26.7 Å². The molecule has 0 aliphatic carbocycles. The Bertz CT molecular complexity index is 642. The third kappa shape index (κ3) is 8.26. The molecule has 1 aromatic carbocycles. The number of aryl methyl sites for hydroxylation is 2. The van der Waals surface area contributed by atoms with Crippen LogP contribution in [0, 0.1) is 30.6 Å². The molecule has 0 spiro atoms. The quantitative estimate of drug-likeness (QED) is 0.392. The van der Waals surface area contributed by atoms with Crippen LogP contribution in [0.5, 0.6) is 0 Å². The maximum Gasteiger partial charge on any atom is 0.00355 e. The Kier molecular flexibility index (Phi) is 10.1. The number of nitrogens with two attached hydrogens (primary N) is 1. The lowest BCUT2D eigenvalue weighted by molar-refractivity contribution is 0.153. The van der Waals surface area contributed by atoms with Crippen LogP contribution in [0.4, 0.5) is 0 Å². The standard InChI is InChI=1S/C27H48N2/c1-10-11-13-25(23(4)24-15-14-21(2)18-22(24)3)27(7,8)20-29(9)17-12-16-26(5,6)19-28/h14-15,18,25H,4,10-13,16-17,19-20,28H2,1-3,5-9H3. The van der Waals surface area contributed by atoms with Crippen LogP contribution in [0.2, 0.25) is 0 Å². The molecule has 0 radical (unpaired) electrons. The van der Waals surface area contributed by atoms with E-state index in [2.05, 4.69) is 85.2 Å². The monoisotopic (exact) mass is 400 g/mol. The Morgan fingerprint density at radius 1 is 1.14 bits per heavy atom. The van der Waals surface area contributed by atoms with E-state index in [0.29, 0.717) is 5.92 Å². The molecule has 0 bridgehead atoms. The molecule has 0 aliphatic heterocycles. The fourth-order valence-corrected chi connectivity index (χ4v) is 4.62. The highest BCUT2D eigenvalue weighted by Crippen LogP contribution is 2.41. The van der Waals surface area contributed by atoms with E-state index >= 15 is 0 Å². The van der Waals surface area contributed by atoms with Crippen LogP contribution >= 0.6 is 0 Å². The first-order valence-electron chi connectivity index (χ1n) is 11.6. The van der Waals surface area contributed by atoms with Gasteiger partial charge in [0, 0.05) is 6.54 Å². The Balaban J connectivity index is 2.89. The molecular formula is C27H48N2. The minimum Gasteiger partial charge on any atom is -0.330 e. The first-order valence-corrected chi connectivity index (χ1v) is 11.6. The minimum absolute atomic E-state index is 0.182. The Hall–Kier alpha value is -1.12. The van der Waals surface area contributed by atoms with Crippen molar-refractivity contribution in [3.63, 3.8) is 0 Å². The van der Waals surface area contributed by atoms with Gasteiger partial charge in [0.05, 0.1) is 0 Å². The Morgan fingerprint density at radius 2 is 1.79 bits per heavy atom. The molecule has 0 aliphatic rings. The second kappa shape index (κ2) is 11.3. The Labute approximate surface area is 182 Å². The van der Waals surface area contributed by atoms with Crippen molar-refractivity contribution in [2.45, 2.75) is 80.6 Å². The summed E-state index contributed by atoms with van der Waals surface area (Å²) < 4.78 is 0. The van der Waals surface area contributed by atoms with Crippen molar-refractivity contribution >= 4 is 5.57 Å². The summed E-state index contributed by atoms with van der Waals surface area (Å²) in [6, 6.07) is 6.79. The summed E-state index contributed by atoms with van der Waals surface area (Å²) in [5, 5.41) is 0. The zero-order chi connectivity index (χ0) is 22.2. The average Bonchev–Trinajstić information content (AvgIpc) is 2.61. The Morgan fingerprint density at radius 3 is 2.34 bits per heavy atom. The van der Waals surface area contributed by atoms with Crippen molar-refractivity contribution in [1.29, 1.82) is 0 Å². The van der Waals surface area contributed by atoms with Gasteiger partial charge in [0.15, 0.2) is 0 Å². The van der Waals surface area contributed by atoms with E-state index in [0.717, 1.165) is 19.6 Å². The summed E-state index contributed by atoms with van der Waals surface area (Å²) in [5.41, 5.74) is 11.7. The molecule has 1 aromatic rings. The lowest BCUT2D eigenvalue weighted by atomic mass is 9.70. The van der Waals surface area contributed by atoms with Gasteiger partial charge >= 0.3 is 0 Å². The van der Waals surface area contributed by atoms with E-state index < -0.39 is 0 Å². The highest BCUT2D eigenvalue weighted by molar-refractivity contribution is 5.69. The van der Waals surface area contributed by atoms with Gasteiger partial charge in [0.1, 0.15) is 0 Å². The van der Waals surface area contributed by atoms with Gasteiger partial charge < -0.3 is 10.6 Å². The van der Waals surface area contributed by atoms with Gasteiger partial charge in [-0.3, -0.25) is 0 Å². The van der Waals surface area contributed by atoms with Crippen LogP contribution in [0.15, 0.2) is 24.8 Å². The number of allylic oxidation sites excluding steroid dienone is 1. The molecule has 0 heterocycles. The van der Waals surface area contributed by atoms with Crippen molar-refractivity contribution in [3.05, 3.63) is 41.5 Å². The van der Waals surface area contributed by atoms with Gasteiger partial charge in [0.25, 0.3) is 0 Å². The molecule has 1 unspecified atom stereocenters. The van der Waals surface area contributed by atoms with E-state index in [1.807, 2.05) is 0 Å². The minimum atomic E-state index is 0.182. The summed E-state index contributed by atoms with van der Waals surface area (Å²) in [7, 11) is 2.27. The molecule has 1 rings (SSSR count). The highest BCUT2D eigenvalue weighted by atomic mass is 15.1. The molecule has 0 saturated carbocycles. The zero-order valence-electron chi connectivity index (χ0n) is 20.7. The third-order valence-corrected chi connectivity index (χ3v) is 6.56. The summed E-state index contributed by atoms with van der Waals surface area (Å²) in [5.74, 6) is 0.492. The zero-order valence-corrected chi connectivity index (χ0v) is 20.7. The molecule has 2 nitrogen and oxygen atoms in total. The first kappa shape index (κ1) is 25.9. The van der Waals surface area contributed by atoms with Gasteiger partial charge in [-0.05, 0) is 86.7 Å². The predicted octanol–water partition coefficient (Wildman–Crippen LogP) is 6.85. The summed E-state index contributed by atoms with van der Waals surface area (Å²) in [6.45, 7) is 23.7. The molecule has 1 atom stereocenters. The molecule has 0 amide bonds.